The van der Waals surface area contributed by atoms with E-state index >= 15 is 0 Å². The van der Waals surface area contributed by atoms with Crippen LogP contribution in [-0.4, -0.2) is 42.1 Å². The van der Waals surface area contributed by atoms with Crippen LogP contribution in [0.4, 0.5) is 8.78 Å². The lowest BCUT2D eigenvalue weighted by Crippen LogP contribution is -2.35. The number of hydrogen-bond donors (Lipinski definition) is 0. The Kier molecular flexibility index (Phi) is 7.84. The van der Waals surface area contributed by atoms with Crippen molar-refractivity contribution >= 4 is 23.5 Å². The predicted molar refractivity (Wildman–Crippen MR) is 73.9 cm³/mol. The minimum atomic E-state index is -1.74. The fraction of sp³-hybridized carbons (Fsp3) is 0.500. The number of benzene rings is 1. The summed E-state index contributed by atoms with van der Waals surface area (Å²) in [4.78, 5) is 0. The summed E-state index contributed by atoms with van der Waals surface area (Å²) in [5.74, 6) is -1.29. The van der Waals surface area contributed by atoms with E-state index in [0.29, 0.717) is 0 Å². The number of halogens is 2. The minimum absolute atomic E-state index is 0.00106. The third kappa shape index (κ3) is 7.26. The molecule has 0 atom stereocenters. The zero-order chi connectivity index (χ0) is 15.1. The van der Waals surface area contributed by atoms with Crippen molar-refractivity contribution in [3.05, 3.63) is 29.3 Å². The largest absolute Gasteiger partial charge is 0.491 e. The fourth-order valence-corrected chi connectivity index (χ4v) is 1.14. The molecule has 0 aromatic heterocycles. The Morgan fingerprint density at radius 1 is 1.11 bits per heavy atom. The molecule has 0 saturated heterocycles. The van der Waals surface area contributed by atoms with Crippen LogP contribution in [0.3, 0.4) is 0 Å². The van der Waals surface area contributed by atoms with Gasteiger partial charge >= 0.3 is 0 Å². The monoisotopic (exact) mass is 262 g/mol. The lowest BCUT2D eigenvalue weighted by molar-refractivity contribution is 0.0944. The maximum absolute atomic E-state index is 13.1. The summed E-state index contributed by atoms with van der Waals surface area (Å²) in [5.41, 5.74) is 0.214. The molecule has 0 N–H and O–H groups in total. The van der Waals surface area contributed by atoms with Crippen molar-refractivity contribution < 1.29 is 18.3 Å². The van der Waals surface area contributed by atoms with Crippen molar-refractivity contribution in [2.24, 2.45) is 0 Å². The van der Waals surface area contributed by atoms with E-state index in [1.165, 1.54) is 6.92 Å². The van der Waals surface area contributed by atoms with Crippen molar-refractivity contribution in [2.45, 2.75) is 26.1 Å². The molecule has 0 aliphatic heterocycles. The van der Waals surface area contributed by atoms with Gasteiger partial charge in [0.25, 0.3) is 0 Å². The Balaban J connectivity index is 0.00000154. The van der Waals surface area contributed by atoms with Gasteiger partial charge < -0.3 is 9.47 Å². The first kappa shape index (κ1) is 18.0. The molecule has 0 bridgehead atoms. The van der Waals surface area contributed by atoms with E-state index in [4.69, 9.17) is 33.0 Å². The van der Waals surface area contributed by atoms with Crippen LogP contribution in [-0.2, 0) is 4.74 Å². The molecule has 0 aliphatic carbocycles. The maximum Gasteiger partial charge on any atom is 0.132 e. The smallest absolute Gasteiger partial charge is 0.132 e. The van der Waals surface area contributed by atoms with E-state index in [9.17, 15) is 8.78 Å². The van der Waals surface area contributed by atoms with Gasteiger partial charge in [-0.25, -0.2) is 8.78 Å². The predicted octanol–water partition coefficient (Wildman–Crippen LogP) is 1.81. The molecule has 1 aromatic rings. The quantitative estimate of drug-likeness (QED) is 0.595. The molecule has 0 aliphatic rings. The van der Waals surface area contributed by atoms with Gasteiger partial charge in [-0.2, -0.15) is 0 Å². The highest BCUT2D eigenvalue weighted by Crippen LogP contribution is 2.22. The molecule has 0 amide bonds. The van der Waals surface area contributed by atoms with E-state index in [2.05, 4.69) is 0 Å². The molecule has 1 rings (SSSR count). The highest BCUT2D eigenvalue weighted by Gasteiger charge is 2.10. The highest BCUT2D eigenvalue weighted by atomic mass is 19.1. The summed E-state index contributed by atoms with van der Waals surface area (Å²) in [6.07, 6.45) is 0. The van der Waals surface area contributed by atoms with Crippen LogP contribution < -0.4 is 4.74 Å². The molecular formula is C12H15B3F2O2. The average Bonchev–Trinajstić information content (AvgIpc) is 2.32. The van der Waals surface area contributed by atoms with Gasteiger partial charge in [0.15, 0.2) is 0 Å². The molecule has 0 saturated carbocycles. The SMILES string of the molecule is CC.[B]C([B])([B])OCCOc1cc(F)cc(F)c1C. The van der Waals surface area contributed by atoms with Gasteiger partial charge in [-0.1, -0.05) is 13.8 Å². The van der Waals surface area contributed by atoms with Crippen LogP contribution >= 0.6 is 0 Å². The number of ether oxygens (including phenoxy) is 2. The standard InChI is InChI=1S/C10H9B3F2O2.C2H6/c1-6-8(15)4-7(14)5-9(6)16-2-3-17-10(11,12)13;1-2/h4-5H,2-3H2,1H3;1-2H3. The zero-order valence-corrected chi connectivity index (χ0v) is 11.4. The van der Waals surface area contributed by atoms with Crippen LogP contribution in [0.2, 0.25) is 0 Å². The van der Waals surface area contributed by atoms with Crippen LogP contribution in [0.1, 0.15) is 19.4 Å². The summed E-state index contributed by atoms with van der Waals surface area (Å²) in [6.45, 7) is 5.50. The maximum atomic E-state index is 13.1. The summed E-state index contributed by atoms with van der Waals surface area (Å²) in [5, 5.41) is -1.74. The molecule has 1 aromatic carbocycles. The van der Waals surface area contributed by atoms with Crippen molar-refractivity contribution in [2.75, 3.05) is 13.2 Å². The van der Waals surface area contributed by atoms with Crippen molar-refractivity contribution in [1.82, 2.24) is 0 Å². The lowest BCUT2D eigenvalue weighted by atomic mass is 9.52. The van der Waals surface area contributed by atoms with Gasteiger partial charge in [-0.15, -0.1) is 0 Å². The lowest BCUT2D eigenvalue weighted by Gasteiger charge is -2.21. The van der Waals surface area contributed by atoms with Gasteiger partial charge in [-0.3, -0.25) is 0 Å². The number of hydrogen-bond acceptors (Lipinski definition) is 2. The second-order valence-corrected chi connectivity index (χ2v) is 3.56. The molecule has 0 unspecified atom stereocenters. The average molecular weight is 262 g/mol. The van der Waals surface area contributed by atoms with E-state index < -0.39 is 16.9 Å². The topological polar surface area (TPSA) is 18.5 Å². The summed E-state index contributed by atoms with van der Waals surface area (Å²) in [7, 11) is 15.5. The van der Waals surface area contributed by atoms with Gasteiger partial charge in [-0.05, 0) is 12.2 Å². The van der Waals surface area contributed by atoms with Gasteiger partial charge in [0.05, 0.1) is 30.1 Å². The van der Waals surface area contributed by atoms with Crippen LogP contribution in [0, 0.1) is 18.6 Å². The van der Waals surface area contributed by atoms with Gasteiger partial charge in [0.2, 0.25) is 0 Å². The second kappa shape index (κ2) is 8.25. The first-order valence-corrected chi connectivity index (χ1v) is 5.88. The van der Waals surface area contributed by atoms with E-state index in [0.717, 1.165) is 12.1 Å². The van der Waals surface area contributed by atoms with E-state index in [1.807, 2.05) is 13.8 Å². The van der Waals surface area contributed by atoms with Crippen molar-refractivity contribution in [3.8, 4) is 5.75 Å². The third-order valence-electron chi connectivity index (χ3n) is 1.95. The molecule has 98 valence electrons. The Morgan fingerprint density at radius 2 is 1.68 bits per heavy atom. The van der Waals surface area contributed by atoms with Gasteiger partial charge in [0, 0.05) is 17.7 Å². The Hall–Kier alpha value is -0.965. The highest BCUT2D eigenvalue weighted by molar-refractivity contribution is 6.58. The van der Waals surface area contributed by atoms with Crippen molar-refractivity contribution in [3.63, 3.8) is 0 Å². The Labute approximate surface area is 117 Å². The molecular weight excluding hydrogens is 247 g/mol. The first-order valence-electron chi connectivity index (χ1n) is 5.88. The summed E-state index contributed by atoms with van der Waals surface area (Å²) in [6, 6.07) is 1.86. The van der Waals surface area contributed by atoms with E-state index in [1.54, 1.807) is 0 Å². The first-order chi connectivity index (χ1) is 8.79. The number of rotatable bonds is 5. The minimum Gasteiger partial charge on any atom is -0.491 e. The normalized spacial score (nSPS) is 10.6. The van der Waals surface area contributed by atoms with Gasteiger partial charge in [0.1, 0.15) is 24.0 Å². The Morgan fingerprint density at radius 3 is 2.21 bits per heavy atom. The summed E-state index contributed by atoms with van der Waals surface area (Å²) >= 11 is 0. The molecule has 19 heavy (non-hydrogen) atoms. The molecule has 0 fully saturated rings. The van der Waals surface area contributed by atoms with Crippen LogP contribution in [0.25, 0.3) is 0 Å². The second-order valence-electron chi connectivity index (χ2n) is 3.56. The van der Waals surface area contributed by atoms with E-state index in [-0.39, 0.29) is 24.5 Å². The third-order valence-corrected chi connectivity index (χ3v) is 1.95. The molecule has 2 nitrogen and oxygen atoms in total. The fourth-order valence-electron chi connectivity index (χ4n) is 1.14. The molecule has 7 heteroatoms. The molecule has 0 spiro atoms. The summed E-state index contributed by atoms with van der Waals surface area (Å²) < 4.78 is 35.9. The van der Waals surface area contributed by atoms with Crippen LogP contribution in [0.15, 0.2) is 12.1 Å². The van der Waals surface area contributed by atoms with Crippen molar-refractivity contribution in [1.29, 1.82) is 0 Å². The zero-order valence-electron chi connectivity index (χ0n) is 11.4. The molecule has 0 heterocycles. The Bertz CT molecular complexity index is 395. The molecule has 6 radical (unpaired) electrons. The van der Waals surface area contributed by atoms with Crippen LogP contribution in [0.5, 0.6) is 5.75 Å².